The quantitative estimate of drug-likeness (QED) is 0.860. The van der Waals surface area contributed by atoms with Crippen molar-refractivity contribution >= 4 is 22.4 Å². The molecule has 1 aromatic heterocycles. The van der Waals surface area contributed by atoms with Gasteiger partial charge in [0, 0.05) is 19.1 Å². The molecule has 5 nitrogen and oxygen atoms in total. The van der Waals surface area contributed by atoms with Crippen LogP contribution >= 0.6 is 12.4 Å². The van der Waals surface area contributed by atoms with Crippen molar-refractivity contribution in [1.82, 2.24) is 4.31 Å². The molecule has 0 radical (unpaired) electrons. The number of sulfonamides is 1. The van der Waals surface area contributed by atoms with E-state index >= 15 is 0 Å². The number of rotatable bonds is 2. The van der Waals surface area contributed by atoms with E-state index in [9.17, 15) is 8.42 Å². The molecule has 1 fully saturated rings. The standard InChI is InChI=1S/C9H14N2O3S.ClH/c10-8-3-5-11(6-4-8)15(12,13)9-2-1-7-14-9;/h1-2,7-8H,3-6,10H2;1H. The summed E-state index contributed by atoms with van der Waals surface area (Å²) in [4.78, 5) is 0. The zero-order chi connectivity index (χ0) is 10.9. The molecular formula is C9H15ClN2O3S. The molecule has 1 aromatic rings. The van der Waals surface area contributed by atoms with Gasteiger partial charge < -0.3 is 10.2 Å². The molecule has 0 aromatic carbocycles. The van der Waals surface area contributed by atoms with Gasteiger partial charge in [-0.1, -0.05) is 0 Å². The Balaban J connectivity index is 0.00000128. The summed E-state index contributed by atoms with van der Waals surface area (Å²) in [5.41, 5.74) is 5.71. The zero-order valence-corrected chi connectivity index (χ0v) is 10.3. The van der Waals surface area contributed by atoms with E-state index in [0.29, 0.717) is 25.9 Å². The van der Waals surface area contributed by atoms with Crippen LogP contribution in [0.4, 0.5) is 0 Å². The van der Waals surface area contributed by atoms with Crippen LogP contribution in [-0.2, 0) is 10.0 Å². The lowest BCUT2D eigenvalue weighted by Crippen LogP contribution is -2.42. The van der Waals surface area contributed by atoms with Gasteiger partial charge in [0.15, 0.2) is 0 Å². The van der Waals surface area contributed by atoms with Crippen molar-refractivity contribution in [3.8, 4) is 0 Å². The van der Waals surface area contributed by atoms with Gasteiger partial charge in [-0.3, -0.25) is 0 Å². The first-order chi connectivity index (χ1) is 7.10. The molecule has 0 amide bonds. The molecule has 0 atom stereocenters. The minimum absolute atomic E-state index is 0. The summed E-state index contributed by atoms with van der Waals surface area (Å²) in [6, 6.07) is 3.15. The molecular weight excluding hydrogens is 252 g/mol. The van der Waals surface area contributed by atoms with Crippen LogP contribution in [0.1, 0.15) is 12.8 Å². The van der Waals surface area contributed by atoms with Crippen LogP contribution < -0.4 is 5.73 Å². The molecule has 0 aliphatic carbocycles. The summed E-state index contributed by atoms with van der Waals surface area (Å²) in [5.74, 6) is 0. The van der Waals surface area contributed by atoms with Crippen LogP contribution in [0, 0.1) is 0 Å². The number of hydrogen-bond donors (Lipinski definition) is 1. The third-order valence-corrected chi connectivity index (χ3v) is 4.37. The lowest BCUT2D eigenvalue weighted by atomic mass is 10.1. The molecule has 2 heterocycles. The maximum absolute atomic E-state index is 11.9. The minimum Gasteiger partial charge on any atom is -0.452 e. The number of hydrogen-bond acceptors (Lipinski definition) is 4. The van der Waals surface area contributed by atoms with Crippen molar-refractivity contribution in [2.24, 2.45) is 5.73 Å². The molecule has 1 aliphatic rings. The van der Waals surface area contributed by atoms with Gasteiger partial charge in [0.2, 0.25) is 5.09 Å². The largest absolute Gasteiger partial charge is 0.452 e. The van der Waals surface area contributed by atoms with Gasteiger partial charge in [0.1, 0.15) is 0 Å². The Hall–Kier alpha value is -0.560. The zero-order valence-electron chi connectivity index (χ0n) is 8.70. The predicted molar refractivity (Wildman–Crippen MR) is 61.9 cm³/mol. The van der Waals surface area contributed by atoms with Crippen LogP contribution in [0.25, 0.3) is 0 Å². The second-order valence-electron chi connectivity index (χ2n) is 3.67. The Morgan fingerprint density at radius 3 is 2.50 bits per heavy atom. The molecule has 92 valence electrons. The number of piperidine rings is 1. The van der Waals surface area contributed by atoms with Gasteiger partial charge in [-0.15, -0.1) is 12.4 Å². The molecule has 0 saturated carbocycles. The SMILES string of the molecule is Cl.NC1CCN(S(=O)(=O)c2ccco2)CC1. The van der Waals surface area contributed by atoms with E-state index in [1.165, 1.54) is 16.6 Å². The van der Waals surface area contributed by atoms with Crippen LogP contribution in [0.15, 0.2) is 27.9 Å². The van der Waals surface area contributed by atoms with Crippen molar-refractivity contribution < 1.29 is 12.8 Å². The Morgan fingerprint density at radius 1 is 1.38 bits per heavy atom. The Bertz CT molecular complexity index is 410. The van der Waals surface area contributed by atoms with Crippen molar-refractivity contribution in [1.29, 1.82) is 0 Å². The first-order valence-corrected chi connectivity index (χ1v) is 6.34. The Morgan fingerprint density at radius 2 is 2.00 bits per heavy atom. The first-order valence-electron chi connectivity index (χ1n) is 4.90. The van der Waals surface area contributed by atoms with E-state index in [1.807, 2.05) is 0 Å². The van der Waals surface area contributed by atoms with E-state index in [2.05, 4.69) is 0 Å². The van der Waals surface area contributed by atoms with Crippen molar-refractivity contribution in [2.75, 3.05) is 13.1 Å². The third kappa shape index (κ3) is 2.57. The maximum Gasteiger partial charge on any atom is 0.276 e. The highest BCUT2D eigenvalue weighted by atomic mass is 35.5. The van der Waals surface area contributed by atoms with Gasteiger partial charge >= 0.3 is 0 Å². The van der Waals surface area contributed by atoms with Crippen LogP contribution in [-0.4, -0.2) is 31.9 Å². The Labute approximate surface area is 101 Å². The average Bonchev–Trinajstić information content (AvgIpc) is 2.71. The van der Waals surface area contributed by atoms with Crippen LogP contribution in [0.3, 0.4) is 0 Å². The highest BCUT2D eigenvalue weighted by molar-refractivity contribution is 7.89. The van der Waals surface area contributed by atoms with E-state index in [4.69, 9.17) is 10.2 Å². The van der Waals surface area contributed by atoms with E-state index in [0.717, 1.165) is 0 Å². The molecule has 1 saturated heterocycles. The van der Waals surface area contributed by atoms with Gasteiger partial charge in [0.05, 0.1) is 6.26 Å². The van der Waals surface area contributed by atoms with Gasteiger partial charge in [0.25, 0.3) is 10.0 Å². The Kier molecular flexibility index (Phi) is 4.37. The molecule has 7 heteroatoms. The number of furan rings is 1. The highest BCUT2D eigenvalue weighted by Gasteiger charge is 2.29. The molecule has 2 rings (SSSR count). The van der Waals surface area contributed by atoms with Crippen molar-refractivity contribution in [3.63, 3.8) is 0 Å². The maximum atomic E-state index is 11.9. The fourth-order valence-electron chi connectivity index (χ4n) is 1.65. The predicted octanol–water partition coefficient (Wildman–Crippen LogP) is 0.813. The van der Waals surface area contributed by atoms with E-state index in [1.54, 1.807) is 6.07 Å². The summed E-state index contributed by atoms with van der Waals surface area (Å²) >= 11 is 0. The first kappa shape index (κ1) is 13.5. The minimum atomic E-state index is -3.43. The summed E-state index contributed by atoms with van der Waals surface area (Å²) < 4.78 is 30.2. The molecule has 0 spiro atoms. The van der Waals surface area contributed by atoms with Gasteiger partial charge in [-0.05, 0) is 25.0 Å². The van der Waals surface area contributed by atoms with E-state index < -0.39 is 10.0 Å². The second kappa shape index (κ2) is 5.18. The average molecular weight is 267 g/mol. The molecule has 2 N–H and O–H groups in total. The summed E-state index contributed by atoms with van der Waals surface area (Å²) in [5, 5.41) is 0.0120. The molecule has 0 bridgehead atoms. The number of nitrogens with zero attached hydrogens (tertiary/aromatic N) is 1. The van der Waals surface area contributed by atoms with Gasteiger partial charge in [-0.2, -0.15) is 4.31 Å². The lowest BCUT2D eigenvalue weighted by molar-refractivity contribution is 0.310. The fourth-order valence-corrected chi connectivity index (χ4v) is 3.03. The highest BCUT2D eigenvalue weighted by Crippen LogP contribution is 2.20. The van der Waals surface area contributed by atoms with Gasteiger partial charge in [-0.25, -0.2) is 8.42 Å². The summed E-state index contributed by atoms with van der Waals surface area (Å²) in [7, 11) is -3.43. The van der Waals surface area contributed by atoms with Crippen LogP contribution in [0.5, 0.6) is 0 Å². The number of nitrogens with two attached hydrogens (primary N) is 1. The summed E-state index contributed by atoms with van der Waals surface area (Å²) in [6.07, 6.45) is 2.78. The van der Waals surface area contributed by atoms with E-state index in [-0.39, 0.29) is 23.5 Å². The molecule has 0 unspecified atom stereocenters. The lowest BCUT2D eigenvalue weighted by Gasteiger charge is -2.28. The fraction of sp³-hybridized carbons (Fsp3) is 0.556. The molecule has 16 heavy (non-hydrogen) atoms. The number of halogens is 1. The monoisotopic (exact) mass is 266 g/mol. The normalized spacial score (nSPS) is 19.3. The summed E-state index contributed by atoms with van der Waals surface area (Å²) in [6.45, 7) is 0.953. The van der Waals surface area contributed by atoms with Crippen molar-refractivity contribution in [2.45, 2.75) is 24.0 Å². The van der Waals surface area contributed by atoms with Crippen LogP contribution in [0.2, 0.25) is 0 Å². The molecule has 1 aliphatic heterocycles. The smallest absolute Gasteiger partial charge is 0.276 e. The second-order valence-corrected chi connectivity index (χ2v) is 5.54. The third-order valence-electron chi connectivity index (χ3n) is 2.59. The van der Waals surface area contributed by atoms with Crippen molar-refractivity contribution in [3.05, 3.63) is 18.4 Å². The topological polar surface area (TPSA) is 76.5 Å².